The van der Waals surface area contributed by atoms with Gasteiger partial charge in [-0.25, -0.2) is 0 Å². The average Bonchev–Trinajstić information content (AvgIpc) is 2.45. The molecule has 0 saturated heterocycles. The number of carbonyl (C=O) groups excluding carboxylic acids is 1. The molecule has 0 heterocycles. The Bertz CT molecular complexity index is 551. The molecule has 1 aromatic carbocycles. The van der Waals surface area contributed by atoms with Crippen LogP contribution in [0.15, 0.2) is 18.2 Å². The summed E-state index contributed by atoms with van der Waals surface area (Å²) in [6, 6.07) is 4.07. The zero-order chi connectivity index (χ0) is 15.5. The maximum atomic E-state index is 12.1. The van der Waals surface area contributed by atoms with E-state index in [1.54, 1.807) is 0 Å². The highest BCUT2D eigenvalue weighted by Crippen LogP contribution is 2.35. The van der Waals surface area contributed by atoms with Crippen molar-refractivity contribution in [3.63, 3.8) is 0 Å². The number of hydrogen-bond donors (Lipinski definition) is 2. The van der Waals surface area contributed by atoms with Gasteiger partial charge in [-0.2, -0.15) is 0 Å². The van der Waals surface area contributed by atoms with E-state index < -0.39 is 4.92 Å². The molecule has 21 heavy (non-hydrogen) atoms. The lowest BCUT2D eigenvalue weighted by atomic mass is 9.76. The molecule has 0 bridgehead atoms. The standard InChI is InChI=1S/C15H21N3O3/c1-15(7-3-2-4-8-15)10-17-14(19)11-5-6-13(18(20)21)12(16)9-11/h5-6,9H,2-4,7-8,10,16H2,1H3,(H,17,19). The van der Waals surface area contributed by atoms with E-state index in [1.807, 2.05) is 0 Å². The third-order valence-corrected chi connectivity index (χ3v) is 4.22. The summed E-state index contributed by atoms with van der Waals surface area (Å²) in [6.45, 7) is 2.82. The van der Waals surface area contributed by atoms with Crippen molar-refractivity contribution in [3.05, 3.63) is 33.9 Å². The molecule has 1 saturated carbocycles. The number of nitrogens with two attached hydrogens (primary N) is 1. The van der Waals surface area contributed by atoms with Gasteiger partial charge in [-0.3, -0.25) is 14.9 Å². The van der Waals surface area contributed by atoms with Crippen LogP contribution in [-0.2, 0) is 0 Å². The molecule has 0 aromatic heterocycles. The van der Waals surface area contributed by atoms with Crippen molar-refractivity contribution >= 4 is 17.3 Å². The molecular formula is C15H21N3O3. The number of amides is 1. The number of nitrogen functional groups attached to an aromatic ring is 1. The number of nitrogens with zero attached hydrogens (tertiary/aromatic N) is 1. The number of hydrogen-bond acceptors (Lipinski definition) is 4. The van der Waals surface area contributed by atoms with E-state index in [0.29, 0.717) is 12.1 Å². The number of anilines is 1. The summed E-state index contributed by atoms with van der Waals surface area (Å²) in [5.74, 6) is -0.233. The van der Waals surface area contributed by atoms with Crippen LogP contribution in [0.25, 0.3) is 0 Å². The molecule has 0 unspecified atom stereocenters. The fraction of sp³-hybridized carbons (Fsp3) is 0.533. The predicted octanol–water partition coefficient (Wildman–Crippen LogP) is 2.88. The van der Waals surface area contributed by atoms with Gasteiger partial charge in [-0.15, -0.1) is 0 Å². The predicted molar refractivity (Wildman–Crippen MR) is 81.0 cm³/mol. The number of carbonyl (C=O) groups is 1. The van der Waals surface area contributed by atoms with Crippen molar-refractivity contribution in [1.29, 1.82) is 0 Å². The second kappa shape index (κ2) is 6.11. The highest BCUT2D eigenvalue weighted by Gasteiger charge is 2.27. The molecule has 1 aliphatic carbocycles. The monoisotopic (exact) mass is 291 g/mol. The van der Waals surface area contributed by atoms with E-state index in [2.05, 4.69) is 12.2 Å². The minimum atomic E-state index is -0.555. The molecule has 6 heteroatoms. The van der Waals surface area contributed by atoms with E-state index in [1.165, 1.54) is 37.5 Å². The SMILES string of the molecule is CC1(CNC(=O)c2ccc([N+](=O)[O-])c(N)c2)CCCCC1. The second-order valence-electron chi connectivity index (χ2n) is 6.08. The molecule has 1 amide bonds. The Morgan fingerprint density at radius 3 is 2.62 bits per heavy atom. The minimum Gasteiger partial charge on any atom is -0.393 e. The molecule has 6 nitrogen and oxygen atoms in total. The number of benzene rings is 1. The molecule has 1 aromatic rings. The first-order valence-electron chi connectivity index (χ1n) is 7.23. The average molecular weight is 291 g/mol. The third-order valence-electron chi connectivity index (χ3n) is 4.22. The van der Waals surface area contributed by atoms with Crippen molar-refractivity contribution in [2.24, 2.45) is 5.41 Å². The summed E-state index contributed by atoms with van der Waals surface area (Å²) in [5, 5.41) is 13.6. The number of nitrogens with one attached hydrogen (secondary N) is 1. The lowest BCUT2D eigenvalue weighted by Crippen LogP contribution is -2.37. The van der Waals surface area contributed by atoms with Crippen molar-refractivity contribution in [3.8, 4) is 0 Å². The van der Waals surface area contributed by atoms with Gasteiger partial charge in [0.05, 0.1) is 4.92 Å². The summed E-state index contributed by atoms with van der Waals surface area (Å²) in [6.07, 6.45) is 5.92. The van der Waals surface area contributed by atoms with E-state index in [0.717, 1.165) is 12.8 Å². The molecule has 0 radical (unpaired) electrons. The van der Waals surface area contributed by atoms with Gasteiger partial charge in [-0.1, -0.05) is 26.2 Å². The first kappa shape index (κ1) is 15.3. The summed E-state index contributed by atoms with van der Waals surface area (Å²) >= 11 is 0. The maximum Gasteiger partial charge on any atom is 0.292 e. The van der Waals surface area contributed by atoms with Crippen LogP contribution >= 0.6 is 0 Å². The van der Waals surface area contributed by atoms with Gasteiger partial charge < -0.3 is 11.1 Å². The molecule has 1 fully saturated rings. The molecule has 0 atom stereocenters. The lowest BCUT2D eigenvalue weighted by Gasteiger charge is -2.33. The topological polar surface area (TPSA) is 98.3 Å². The first-order chi connectivity index (χ1) is 9.91. The first-order valence-corrected chi connectivity index (χ1v) is 7.23. The van der Waals surface area contributed by atoms with Crippen LogP contribution in [0, 0.1) is 15.5 Å². The zero-order valence-corrected chi connectivity index (χ0v) is 12.2. The Hall–Kier alpha value is -2.11. The van der Waals surface area contributed by atoms with Crippen LogP contribution in [-0.4, -0.2) is 17.4 Å². The molecule has 114 valence electrons. The van der Waals surface area contributed by atoms with Gasteiger partial charge >= 0.3 is 0 Å². The Balaban J connectivity index is 2.00. The molecular weight excluding hydrogens is 270 g/mol. The zero-order valence-electron chi connectivity index (χ0n) is 12.2. The highest BCUT2D eigenvalue weighted by molar-refractivity contribution is 5.95. The summed E-state index contributed by atoms with van der Waals surface area (Å²) in [4.78, 5) is 22.3. The van der Waals surface area contributed by atoms with Crippen molar-refractivity contribution in [1.82, 2.24) is 5.32 Å². The van der Waals surface area contributed by atoms with E-state index in [4.69, 9.17) is 5.73 Å². The van der Waals surface area contributed by atoms with Crippen molar-refractivity contribution in [2.45, 2.75) is 39.0 Å². The Morgan fingerprint density at radius 2 is 2.05 bits per heavy atom. The third kappa shape index (κ3) is 3.71. The van der Waals surface area contributed by atoms with Crippen molar-refractivity contribution in [2.75, 3.05) is 12.3 Å². The number of nitro benzene ring substituents is 1. The number of rotatable bonds is 4. The molecule has 3 N–H and O–H groups in total. The van der Waals surface area contributed by atoms with Crippen LogP contribution in [0.1, 0.15) is 49.4 Å². The fourth-order valence-corrected chi connectivity index (χ4v) is 2.84. The van der Waals surface area contributed by atoms with Gasteiger partial charge in [0, 0.05) is 18.2 Å². The largest absolute Gasteiger partial charge is 0.393 e. The highest BCUT2D eigenvalue weighted by atomic mass is 16.6. The summed E-state index contributed by atoms with van der Waals surface area (Å²) in [7, 11) is 0. The Kier molecular flexibility index (Phi) is 4.45. The molecule has 2 rings (SSSR count). The lowest BCUT2D eigenvalue weighted by molar-refractivity contribution is -0.383. The van der Waals surface area contributed by atoms with E-state index in [9.17, 15) is 14.9 Å². The molecule has 0 spiro atoms. The second-order valence-corrected chi connectivity index (χ2v) is 6.08. The van der Waals surface area contributed by atoms with Crippen LogP contribution in [0.2, 0.25) is 0 Å². The van der Waals surface area contributed by atoms with E-state index in [-0.39, 0.29) is 22.7 Å². The fourth-order valence-electron chi connectivity index (χ4n) is 2.84. The van der Waals surface area contributed by atoms with Gasteiger partial charge in [0.2, 0.25) is 0 Å². The number of nitro groups is 1. The normalized spacial score (nSPS) is 17.2. The van der Waals surface area contributed by atoms with Gasteiger partial charge in [-0.05, 0) is 30.4 Å². The quantitative estimate of drug-likeness (QED) is 0.506. The van der Waals surface area contributed by atoms with Gasteiger partial charge in [0.15, 0.2) is 0 Å². The Morgan fingerprint density at radius 1 is 1.38 bits per heavy atom. The molecule has 1 aliphatic rings. The smallest absolute Gasteiger partial charge is 0.292 e. The summed E-state index contributed by atoms with van der Waals surface area (Å²) < 4.78 is 0. The van der Waals surface area contributed by atoms with Gasteiger partial charge in [0.1, 0.15) is 5.69 Å². The van der Waals surface area contributed by atoms with Crippen LogP contribution < -0.4 is 11.1 Å². The molecule has 0 aliphatic heterocycles. The minimum absolute atomic E-state index is 0.0107. The van der Waals surface area contributed by atoms with Crippen LogP contribution in [0.5, 0.6) is 0 Å². The van der Waals surface area contributed by atoms with Crippen LogP contribution in [0.3, 0.4) is 0 Å². The van der Waals surface area contributed by atoms with Crippen LogP contribution in [0.4, 0.5) is 11.4 Å². The Labute approximate surface area is 123 Å². The summed E-state index contributed by atoms with van der Waals surface area (Å²) in [5.41, 5.74) is 5.95. The van der Waals surface area contributed by atoms with E-state index >= 15 is 0 Å². The van der Waals surface area contributed by atoms with Gasteiger partial charge in [0.25, 0.3) is 11.6 Å². The van der Waals surface area contributed by atoms with Crippen molar-refractivity contribution < 1.29 is 9.72 Å². The maximum absolute atomic E-state index is 12.1.